The lowest BCUT2D eigenvalue weighted by atomic mass is 9.91. The molecule has 10 heteroatoms. The van der Waals surface area contributed by atoms with E-state index in [1.807, 2.05) is 5.32 Å². The third-order valence-corrected chi connectivity index (χ3v) is 4.21. The second kappa shape index (κ2) is 6.36. The Balaban J connectivity index is 1.72. The van der Waals surface area contributed by atoms with Crippen molar-refractivity contribution in [2.45, 2.75) is 31.3 Å². The van der Waals surface area contributed by atoms with Crippen LogP contribution in [0.4, 0.5) is 18.4 Å². The van der Waals surface area contributed by atoms with Crippen LogP contribution in [0, 0.1) is 11.6 Å². The summed E-state index contributed by atoms with van der Waals surface area (Å²) in [5, 5.41) is 6.80. The van der Waals surface area contributed by atoms with E-state index < -0.39 is 47.6 Å². The second-order valence-corrected chi connectivity index (χ2v) is 6.37. The van der Waals surface area contributed by atoms with Gasteiger partial charge >= 0.3 is 12.1 Å². The summed E-state index contributed by atoms with van der Waals surface area (Å²) in [5.74, 6) is -3.46. The zero-order valence-electron chi connectivity index (χ0n) is 13.8. The predicted molar refractivity (Wildman–Crippen MR) is 83.7 cm³/mol. The molecule has 138 valence electrons. The van der Waals surface area contributed by atoms with E-state index in [9.17, 15) is 28.0 Å². The Hall–Kier alpha value is -3.04. The largest absolute Gasteiger partial charge is 0.335 e. The van der Waals surface area contributed by atoms with Crippen LogP contribution in [0.2, 0.25) is 0 Å². The Morgan fingerprint density at radius 3 is 2.65 bits per heavy atom. The fourth-order valence-corrected chi connectivity index (χ4v) is 2.66. The van der Waals surface area contributed by atoms with Crippen LogP contribution in [0.5, 0.6) is 0 Å². The van der Waals surface area contributed by atoms with Crippen molar-refractivity contribution in [3.05, 3.63) is 35.4 Å². The van der Waals surface area contributed by atoms with Crippen molar-refractivity contribution in [3.63, 3.8) is 0 Å². The minimum Gasteiger partial charge on any atom is -0.335 e. The van der Waals surface area contributed by atoms with E-state index in [1.54, 1.807) is 0 Å². The van der Waals surface area contributed by atoms with E-state index >= 15 is 0 Å². The number of imide groups is 2. The Morgan fingerprint density at radius 1 is 1.31 bits per heavy atom. The molecule has 1 saturated carbocycles. The zero-order valence-corrected chi connectivity index (χ0v) is 13.8. The highest BCUT2D eigenvalue weighted by Gasteiger charge is 2.51. The third-order valence-electron chi connectivity index (χ3n) is 4.21. The van der Waals surface area contributed by atoms with Crippen LogP contribution in [0.15, 0.2) is 18.2 Å². The van der Waals surface area contributed by atoms with Gasteiger partial charge in [0, 0.05) is 11.6 Å². The third kappa shape index (κ3) is 3.35. The molecule has 2 aliphatic rings. The van der Waals surface area contributed by atoms with Gasteiger partial charge in [-0.2, -0.15) is 0 Å². The number of benzene rings is 1. The maximum atomic E-state index is 14.0. The normalized spacial score (nSPS) is 22.2. The molecular weight excluding hydrogens is 350 g/mol. The number of amides is 6. The number of hydrogen-bond acceptors (Lipinski definition) is 4. The summed E-state index contributed by atoms with van der Waals surface area (Å²) in [6, 6.07) is 0.890. The molecule has 3 N–H and O–H groups in total. The first kappa shape index (κ1) is 17.8. The maximum absolute atomic E-state index is 14.0. The maximum Gasteiger partial charge on any atom is 0.325 e. The highest BCUT2D eigenvalue weighted by molar-refractivity contribution is 6.10. The highest BCUT2D eigenvalue weighted by atomic mass is 19.1. The molecule has 1 aromatic carbocycles. The van der Waals surface area contributed by atoms with Gasteiger partial charge in [0.25, 0.3) is 5.91 Å². The summed E-state index contributed by atoms with van der Waals surface area (Å²) in [7, 11) is 0. The van der Waals surface area contributed by atoms with Gasteiger partial charge in [0.2, 0.25) is 5.91 Å². The lowest BCUT2D eigenvalue weighted by Gasteiger charge is -2.22. The molecule has 1 aliphatic heterocycles. The molecule has 0 bridgehead atoms. The molecule has 6 amide bonds. The van der Waals surface area contributed by atoms with Crippen LogP contribution >= 0.6 is 0 Å². The van der Waals surface area contributed by atoms with E-state index in [2.05, 4.69) is 10.6 Å². The molecule has 0 aromatic heterocycles. The minimum atomic E-state index is -1.86. The molecule has 2 fully saturated rings. The predicted octanol–water partition coefficient (Wildman–Crippen LogP) is 0.720. The van der Waals surface area contributed by atoms with Crippen LogP contribution < -0.4 is 16.0 Å². The Bertz CT molecular complexity index is 811. The number of rotatable bonds is 4. The first-order chi connectivity index (χ1) is 12.2. The minimum absolute atomic E-state index is 0.0266. The van der Waals surface area contributed by atoms with Gasteiger partial charge in [-0.05, 0) is 38.0 Å². The Labute approximate surface area is 146 Å². The number of carbonyl (C=O) groups excluding carboxylic acids is 4. The topological polar surface area (TPSA) is 108 Å². The van der Waals surface area contributed by atoms with E-state index in [1.165, 1.54) is 6.92 Å². The summed E-state index contributed by atoms with van der Waals surface area (Å²) in [6.45, 7) is 0.484. The van der Waals surface area contributed by atoms with Crippen molar-refractivity contribution in [3.8, 4) is 0 Å². The van der Waals surface area contributed by atoms with Gasteiger partial charge in [-0.3, -0.25) is 19.8 Å². The lowest BCUT2D eigenvalue weighted by Crippen LogP contribution is -2.47. The summed E-state index contributed by atoms with van der Waals surface area (Å²) in [6.07, 6.45) is 1.65. The summed E-state index contributed by atoms with van der Waals surface area (Å²) in [5.41, 5.74) is -2.22. The first-order valence-electron chi connectivity index (χ1n) is 7.90. The van der Waals surface area contributed by atoms with E-state index in [0.717, 1.165) is 31.0 Å². The molecule has 26 heavy (non-hydrogen) atoms. The molecule has 8 nitrogen and oxygen atoms in total. The number of hydrogen-bond donors (Lipinski definition) is 3. The number of carbonyl (C=O) groups is 4. The standard InChI is InChI=1S/C16H16F2N4O4/c1-16(10-6-8(17)2-5-11(10)18)13(24)22(15(26)21-16)7-12(23)20-14(25)19-9-3-4-9/h2,5-6,9H,3-4,7H2,1H3,(H,21,26)(H2,19,20,23,25)/t16-/m1/s1. The molecule has 0 unspecified atom stereocenters. The van der Waals surface area contributed by atoms with Gasteiger partial charge in [-0.1, -0.05) is 0 Å². The van der Waals surface area contributed by atoms with Crippen LogP contribution in [-0.4, -0.2) is 41.4 Å². The van der Waals surface area contributed by atoms with Crippen molar-refractivity contribution < 1.29 is 28.0 Å². The monoisotopic (exact) mass is 366 g/mol. The van der Waals surface area contributed by atoms with Crippen molar-refractivity contribution in [1.29, 1.82) is 0 Å². The van der Waals surface area contributed by atoms with Crippen LogP contribution in [0.3, 0.4) is 0 Å². The number of nitrogens with zero attached hydrogens (tertiary/aromatic N) is 1. The summed E-state index contributed by atoms with van der Waals surface area (Å²) >= 11 is 0. The van der Waals surface area contributed by atoms with Crippen molar-refractivity contribution in [1.82, 2.24) is 20.9 Å². The highest BCUT2D eigenvalue weighted by Crippen LogP contribution is 2.31. The molecular formula is C16H16F2N4O4. The van der Waals surface area contributed by atoms with E-state index in [0.29, 0.717) is 4.90 Å². The number of nitrogens with one attached hydrogen (secondary N) is 3. The zero-order chi connectivity index (χ0) is 19.1. The molecule has 3 rings (SSSR count). The molecule has 1 saturated heterocycles. The van der Waals surface area contributed by atoms with Gasteiger partial charge in [0.05, 0.1) is 0 Å². The molecule has 1 heterocycles. The summed E-state index contributed by atoms with van der Waals surface area (Å²) < 4.78 is 27.5. The van der Waals surface area contributed by atoms with Crippen LogP contribution in [-0.2, 0) is 15.1 Å². The van der Waals surface area contributed by atoms with Gasteiger partial charge in [0.1, 0.15) is 23.7 Å². The Morgan fingerprint density at radius 2 is 2.00 bits per heavy atom. The van der Waals surface area contributed by atoms with Gasteiger partial charge in [-0.25, -0.2) is 18.4 Å². The Kier molecular flexibility index (Phi) is 4.34. The van der Waals surface area contributed by atoms with Crippen molar-refractivity contribution in [2.75, 3.05) is 6.54 Å². The smallest absolute Gasteiger partial charge is 0.325 e. The van der Waals surface area contributed by atoms with E-state index in [-0.39, 0.29) is 11.6 Å². The quantitative estimate of drug-likeness (QED) is 0.683. The molecule has 0 radical (unpaired) electrons. The van der Waals surface area contributed by atoms with Gasteiger partial charge in [-0.15, -0.1) is 0 Å². The van der Waals surface area contributed by atoms with Gasteiger partial charge < -0.3 is 10.6 Å². The molecule has 1 atom stereocenters. The van der Waals surface area contributed by atoms with Crippen LogP contribution in [0.1, 0.15) is 25.3 Å². The second-order valence-electron chi connectivity index (χ2n) is 6.37. The lowest BCUT2D eigenvalue weighted by molar-refractivity contribution is -0.134. The number of halogens is 2. The molecule has 0 spiro atoms. The molecule has 1 aromatic rings. The van der Waals surface area contributed by atoms with E-state index in [4.69, 9.17) is 0 Å². The van der Waals surface area contributed by atoms with Gasteiger partial charge in [0.15, 0.2) is 0 Å². The van der Waals surface area contributed by atoms with Crippen LogP contribution in [0.25, 0.3) is 0 Å². The number of urea groups is 2. The van der Waals surface area contributed by atoms with Crippen molar-refractivity contribution >= 4 is 23.9 Å². The average Bonchev–Trinajstić information content (AvgIpc) is 3.33. The first-order valence-corrected chi connectivity index (χ1v) is 7.90. The SMILES string of the molecule is C[C@]1(c2cc(F)ccc2F)NC(=O)N(CC(=O)NC(=O)NC2CC2)C1=O. The summed E-state index contributed by atoms with van der Waals surface area (Å²) in [4.78, 5) is 48.6. The van der Waals surface area contributed by atoms with Crippen molar-refractivity contribution in [2.24, 2.45) is 0 Å². The fourth-order valence-electron chi connectivity index (χ4n) is 2.66. The average molecular weight is 366 g/mol. The molecule has 1 aliphatic carbocycles. The fraction of sp³-hybridized carbons (Fsp3) is 0.375.